The van der Waals surface area contributed by atoms with Crippen molar-refractivity contribution in [1.82, 2.24) is 5.43 Å². The standard InChI is InChI=1S/C23H22N2O3/c1-16-13-18(14-17(2)21(16)26)15-24-25-22(27)23(28,19-9-5-3-6-10-19)20-11-7-4-8-12-20/h3-15,26,28H,1-2H3,(H,25,27). The lowest BCUT2D eigenvalue weighted by Crippen LogP contribution is -2.43. The molecule has 0 aromatic heterocycles. The van der Waals surface area contributed by atoms with Crippen LogP contribution in [0.2, 0.25) is 0 Å². The zero-order chi connectivity index (χ0) is 20.1. The fourth-order valence-electron chi connectivity index (χ4n) is 3.10. The van der Waals surface area contributed by atoms with Crippen molar-refractivity contribution in [3.05, 3.63) is 101 Å². The second-order valence-corrected chi connectivity index (χ2v) is 6.64. The highest BCUT2D eigenvalue weighted by Crippen LogP contribution is 2.29. The van der Waals surface area contributed by atoms with Gasteiger partial charge in [-0.05, 0) is 53.8 Å². The molecule has 1 amide bonds. The van der Waals surface area contributed by atoms with Crippen molar-refractivity contribution in [1.29, 1.82) is 0 Å². The summed E-state index contributed by atoms with van der Waals surface area (Å²) >= 11 is 0. The molecule has 3 rings (SSSR count). The molecule has 3 aromatic rings. The van der Waals surface area contributed by atoms with Crippen molar-refractivity contribution >= 4 is 12.1 Å². The number of aromatic hydroxyl groups is 1. The van der Waals surface area contributed by atoms with Gasteiger partial charge in [0, 0.05) is 0 Å². The van der Waals surface area contributed by atoms with E-state index in [-0.39, 0.29) is 5.75 Å². The van der Waals surface area contributed by atoms with Crippen molar-refractivity contribution in [3.63, 3.8) is 0 Å². The lowest BCUT2D eigenvalue weighted by molar-refractivity contribution is -0.136. The number of aliphatic hydroxyl groups is 1. The molecule has 0 aliphatic carbocycles. The summed E-state index contributed by atoms with van der Waals surface area (Å²) in [6.07, 6.45) is 1.48. The maximum absolute atomic E-state index is 12.9. The van der Waals surface area contributed by atoms with Crippen LogP contribution in [0, 0.1) is 13.8 Å². The molecule has 5 heteroatoms. The molecule has 0 aliphatic rings. The molecule has 5 nitrogen and oxygen atoms in total. The number of nitrogens with one attached hydrogen (secondary N) is 1. The van der Waals surface area contributed by atoms with E-state index in [4.69, 9.17) is 0 Å². The molecular formula is C23H22N2O3. The van der Waals surface area contributed by atoms with Gasteiger partial charge in [0.2, 0.25) is 0 Å². The van der Waals surface area contributed by atoms with Crippen LogP contribution in [0.3, 0.4) is 0 Å². The fraction of sp³-hybridized carbons (Fsp3) is 0.130. The van der Waals surface area contributed by atoms with Crippen LogP contribution in [-0.4, -0.2) is 22.3 Å². The highest BCUT2D eigenvalue weighted by Gasteiger charge is 2.39. The highest BCUT2D eigenvalue weighted by molar-refractivity contribution is 5.91. The van der Waals surface area contributed by atoms with E-state index < -0.39 is 11.5 Å². The average molecular weight is 374 g/mol. The number of hydrazone groups is 1. The third-order valence-corrected chi connectivity index (χ3v) is 4.60. The number of phenolic OH excluding ortho intramolecular Hbond substituents is 1. The first-order chi connectivity index (χ1) is 13.4. The number of benzene rings is 3. The number of carbonyl (C=O) groups is 1. The molecule has 0 fully saturated rings. The van der Waals surface area contributed by atoms with Crippen molar-refractivity contribution in [2.75, 3.05) is 0 Å². The Morgan fingerprint density at radius 2 is 1.39 bits per heavy atom. The number of rotatable bonds is 5. The lowest BCUT2D eigenvalue weighted by Gasteiger charge is -2.27. The van der Waals surface area contributed by atoms with E-state index in [0.29, 0.717) is 11.1 Å². The molecule has 0 unspecified atom stereocenters. The number of phenols is 1. The van der Waals surface area contributed by atoms with Gasteiger partial charge < -0.3 is 10.2 Å². The predicted octanol–water partition coefficient (Wildman–Crippen LogP) is 3.40. The summed E-state index contributed by atoms with van der Waals surface area (Å²) in [4.78, 5) is 12.9. The molecule has 0 atom stereocenters. The van der Waals surface area contributed by atoms with Crippen molar-refractivity contribution in [2.45, 2.75) is 19.4 Å². The Kier molecular flexibility index (Phi) is 5.57. The first-order valence-corrected chi connectivity index (χ1v) is 8.90. The molecule has 3 N–H and O–H groups in total. The van der Waals surface area contributed by atoms with Crippen LogP contribution in [0.15, 0.2) is 77.9 Å². The molecule has 0 aliphatic heterocycles. The smallest absolute Gasteiger partial charge is 0.281 e. The Labute approximate surface area is 164 Å². The van der Waals surface area contributed by atoms with Crippen molar-refractivity contribution in [2.24, 2.45) is 5.10 Å². The quantitative estimate of drug-likeness (QED) is 0.473. The van der Waals surface area contributed by atoms with Gasteiger partial charge in [0.05, 0.1) is 6.21 Å². The monoisotopic (exact) mass is 374 g/mol. The normalized spacial score (nSPS) is 11.5. The van der Waals surface area contributed by atoms with Crippen LogP contribution in [0.1, 0.15) is 27.8 Å². The molecule has 0 heterocycles. The van der Waals surface area contributed by atoms with Crippen LogP contribution in [0.5, 0.6) is 5.75 Å². The number of aryl methyl sites for hydroxylation is 2. The van der Waals surface area contributed by atoms with Gasteiger partial charge in [-0.2, -0.15) is 5.10 Å². The number of nitrogens with zero attached hydrogens (tertiary/aromatic N) is 1. The summed E-state index contributed by atoms with van der Waals surface area (Å²) in [6, 6.07) is 21.0. The molecule has 142 valence electrons. The summed E-state index contributed by atoms with van der Waals surface area (Å²) in [5.41, 5.74) is 3.64. The number of hydrogen-bond acceptors (Lipinski definition) is 4. The van der Waals surface area contributed by atoms with Crippen molar-refractivity contribution < 1.29 is 15.0 Å². The Morgan fingerprint density at radius 3 is 1.86 bits per heavy atom. The summed E-state index contributed by atoms with van der Waals surface area (Å²) in [6.45, 7) is 3.59. The minimum atomic E-state index is -1.87. The van der Waals surface area contributed by atoms with Crippen LogP contribution >= 0.6 is 0 Å². The largest absolute Gasteiger partial charge is 0.507 e. The SMILES string of the molecule is Cc1cc(C=NNC(=O)C(O)(c2ccccc2)c2ccccc2)cc(C)c1O. The van der Waals surface area contributed by atoms with E-state index in [1.54, 1.807) is 74.5 Å². The van der Waals surface area contributed by atoms with Crippen LogP contribution in [-0.2, 0) is 10.4 Å². The van der Waals surface area contributed by atoms with E-state index in [9.17, 15) is 15.0 Å². The molecule has 0 spiro atoms. The zero-order valence-electron chi connectivity index (χ0n) is 15.8. The summed E-state index contributed by atoms with van der Waals surface area (Å²) in [5.74, 6) is -0.419. The number of hydrogen-bond donors (Lipinski definition) is 3. The van der Waals surface area contributed by atoms with Gasteiger partial charge in [-0.15, -0.1) is 0 Å². The van der Waals surface area contributed by atoms with Gasteiger partial charge in [0.1, 0.15) is 5.75 Å². The van der Waals surface area contributed by atoms with Crippen LogP contribution < -0.4 is 5.43 Å². The predicted molar refractivity (Wildman–Crippen MR) is 109 cm³/mol. The molecule has 3 aromatic carbocycles. The average Bonchev–Trinajstić information content (AvgIpc) is 2.72. The number of amides is 1. The van der Waals surface area contributed by atoms with Crippen LogP contribution in [0.4, 0.5) is 0 Å². The lowest BCUT2D eigenvalue weighted by atomic mass is 9.85. The highest BCUT2D eigenvalue weighted by atomic mass is 16.3. The first kappa shape index (κ1) is 19.3. The van der Waals surface area contributed by atoms with E-state index >= 15 is 0 Å². The molecular weight excluding hydrogens is 352 g/mol. The molecule has 0 radical (unpaired) electrons. The maximum atomic E-state index is 12.9. The Bertz CT molecular complexity index is 936. The van der Waals surface area contributed by atoms with Gasteiger partial charge >= 0.3 is 0 Å². The van der Waals surface area contributed by atoms with E-state index in [1.807, 2.05) is 12.1 Å². The van der Waals surface area contributed by atoms with E-state index in [0.717, 1.165) is 16.7 Å². The third kappa shape index (κ3) is 3.80. The van der Waals surface area contributed by atoms with Gasteiger partial charge in [0.15, 0.2) is 5.60 Å². The summed E-state index contributed by atoms with van der Waals surface area (Å²) in [7, 11) is 0. The minimum Gasteiger partial charge on any atom is -0.507 e. The summed E-state index contributed by atoms with van der Waals surface area (Å²) in [5, 5.41) is 25.2. The Morgan fingerprint density at radius 1 is 0.929 bits per heavy atom. The van der Waals surface area contributed by atoms with E-state index in [1.165, 1.54) is 6.21 Å². The Balaban J connectivity index is 1.89. The minimum absolute atomic E-state index is 0.240. The van der Waals surface area contributed by atoms with E-state index in [2.05, 4.69) is 10.5 Å². The fourth-order valence-corrected chi connectivity index (χ4v) is 3.10. The number of carbonyl (C=O) groups excluding carboxylic acids is 1. The zero-order valence-corrected chi connectivity index (χ0v) is 15.8. The van der Waals surface area contributed by atoms with Gasteiger partial charge in [0.25, 0.3) is 5.91 Å². The van der Waals surface area contributed by atoms with Gasteiger partial charge in [-0.25, -0.2) is 5.43 Å². The maximum Gasteiger partial charge on any atom is 0.281 e. The Hall–Kier alpha value is -3.44. The topological polar surface area (TPSA) is 81.9 Å². The second kappa shape index (κ2) is 8.06. The van der Waals surface area contributed by atoms with Gasteiger partial charge in [-0.3, -0.25) is 4.79 Å². The van der Waals surface area contributed by atoms with Crippen molar-refractivity contribution in [3.8, 4) is 5.75 Å². The second-order valence-electron chi connectivity index (χ2n) is 6.64. The van der Waals surface area contributed by atoms with Crippen LogP contribution in [0.25, 0.3) is 0 Å². The molecule has 0 saturated carbocycles. The molecule has 28 heavy (non-hydrogen) atoms. The first-order valence-electron chi connectivity index (χ1n) is 8.90. The molecule has 0 saturated heterocycles. The molecule has 0 bridgehead atoms. The van der Waals surface area contributed by atoms with Gasteiger partial charge in [-0.1, -0.05) is 60.7 Å². The third-order valence-electron chi connectivity index (χ3n) is 4.60. The summed E-state index contributed by atoms with van der Waals surface area (Å²) < 4.78 is 0.